The third-order valence-electron chi connectivity index (χ3n) is 2.89. The molecule has 0 radical (unpaired) electrons. The Kier molecular flexibility index (Phi) is 3.85. The SMILES string of the molecule is CC1=C(c2ccccc2)C(=O)O[Si]1(C)C.[Li+]. The third-order valence-corrected chi connectivity index (χ3v) is 5.64. The van der Waals surface area contributed by atoms with Crippen LogP contribution in [-0.4, -0.2) is 14.3 Å². The molecule has 0 amide bonds. The monoisotopic (exact) mass is 225 g/mol. The van der Waals surface area contributed by atoms with Gasteiger partial charge in [-0.3, -0.25) is 0 Å². The van der Waals surface area contributed by atoms with Crippen LogP contribution in [0.15, 0.2) is 35.5 Å². The molecule has 1 heterocycles. The summed E-state index contributed by atoms with van der Waals surface area (Å²) in [5.41, 5.74) is 1.74. The zero-order chi connectivity index (χ0) is 11.1. The van der Waals surface area contributed by atoms with E-state index in [1.807, 2.05) is 37.3 Å². The van der Waals surface area contributed by atoms with Crippen LogP contribution >= 0.6 is 0 Å². The maximum absolute atomic E-state index is 11.8. The van der Waals surface area contributed by atoms with Gasteiger partial charge in [-0.1, -0.05) is 30.3 Å². The van der Waals surface area contributed by atoms with E-state index in [0.717, 1.165) is 16.3 Å². The number of hydrogen-bond acceptors (Lipinski definition) is 2. The van der Waals surface area contributed by atoms with E-state index in [2.05, 4.69) is 13.1 Å². The number of carbonyl (C=O) groups excluding carboxylic acids is 1. The standard InChI is InChI=1S/C12H14O2Si.Li/c1-9-11(10-7-5-4-6-8-10)12(13)14-15(9,2)3;/h4-8H,1-3H3;/q;+1. The first-order chi connectivity index (χ1) is 7.02. The van der Waals surface area contributed by atoms with Gasteiger partial charge in [-0.15, -0.1) is 0 Å². The molecule has 0 N–H and O–H groups in total. The summed E-state index contributed by atoms with van der Waals surface area (Å²) in [6, 6.07) is 9.74. The Morgan fingerprint density at radius 1 is 1.12 bits per heavy atom. The fourth-order valence-electron chi connectivity index (χ4n) is 1.75. The number of carbonyl (C=O) groups is 1. The third kappa shape index (κ3) is 2.17. The predicted molar refractivity (Wildman–Crippen MR) is 62.6 cm³/mol. The number of hydrogen-bond donors (Lipinski definition) is 0. The molecule has 1 aliphatic rings. The molecular formula is C12H14LiO2Si+. The van der Waals surface area contributed by atoms with E-state index < -0.39 is 8.32 Å². The molecule has 0 aromatic heterocycles. The summed E-state index contributed by atoms with van der Waals surface area (Å²) in [7, 11) is -1.92. The van der Waals surface area contributed by atoms with Gasteiger partial charge in [-0.2, -0.15) is 0 Å². The van der Waals surface area contributed by atoms with Crippen LogP contribution in [0.1, 0.15) is 12.5 Å². The Balaban J connectivity index is 0.00000128. The predicted octanol–water partition coefficient (Wildman–Crippen LogP) is -0.235. The van der Waals surface area contributed by atoms with Gasteiger partial charge in [-0.05, 0) is 30.8 Å². The van der Waals surface area contributed by atoms with Crippen LogP contribution in [0.3, 0.4) is 0 Å². The number of benzene rings is 1. The molecule has 0 saturated carbocycles. The molecule has 1 aliphatic heterocycles. The molecule has 16 heavy (non-hydrogen) atoms. The van der Waals surface area contributed by atoms with Crippen molar-refractivity contribution in [3.63, 3.8) is 0 Å². The first-order valence-electron chi connectivity index (χ1n) is 5.02. The summed E-state index contributed by atoms with van der Waals surface area (Å²) in [6.45, 7) is 6.12. The second kappa shape index (κ2) is 4.62. The van der Waals surface area contributed by atoms with Crippen LogP contribution in [0, 0.1) is 0 Å². The summed E-state index contributed by atoms with van der Waals surface area (Å²) < 4.78 is 5.45. The van der Waals surface area contributed by atoms with E-state index >= 15 is 0 Å². The van der Waals surface area contributed by atoms with Crippen LogP contribution in [0.25, 0.3) is 5.57 Å². The molecule has 2 rings (SSSR count). The van der Waals surface area contributed by atoms with E-state index in [4.69, 9.17) is 4.43 Å². The van der Waals surface area contributed by atoms with Crippen molar-refractivity contribution in [2.45, 2.75) is 20.0 Å². The average Bonchev–Trinajstić information content (AvgIpc) is 2.38. The van der Waals surface area contributed by atoms with Crippen LogP contribution in [0.5, 0.6) is 0 Å². The van der Waals surface area contributed by atoms with E-state index in [9.17, 15) is 4.79 Å². The van der Waals surface area contributed by atoms with E-state index in [0.29, 0.717) is 0 Å². The maximum atomic E-state index is 11.8. The fraction of sp³-hybridized carbons (Fsp3) is 0.250. The zero-order valence-corrected chi connectivity index (χ0v) is 11.2. The molecule has 0 bridgehead atoms. The normalized spacial score (nSPS) is 18.1. The minimum Gasteiger partial charge on any atom is -0.512 e. The fourth-order valence-corrected chi connectivity index (χ4v) is 3.32. The van der Waals surface area contributed by atoms with Crippen molar-refractivity contribution in [1.82, 2.24) is 0 Å². The molecule has 1 aromatic carbocycles. The van der Waals surface area contributed by atoms with E-state index in [-0.39, 0.29) is 24.8 Å². The van der Waals surface area contributed by atoms with Gasteiger partial charge in [-0.25, -0.2) is 4.79 Å². The second-order valence-electron chi connectivity index (χ2n) is 4.27. The van der Waals surface area contributed by atoms with E-state index in [1.165, 1.54) is 0 Å². The van der Waals surface area contributed by atoms with Gasteiger partial charge in [0.15, 0.2) is 0 Å². The molecule has 4 heteroatoms. The van der Waals surface area contributed by atoms with Crippen LogP contribution in [-0.2, 0) is 9.22 Å². The van der Waals surface area contributed by atoms with Gasteiger partial charge in [0.25, 0.3) is 8.32 Å². The molecule has 0 spiro atoms. The molecule has 78 valence electrons. The first kappa shape index (κ1) is 13.3. The van der Waals surface area contributed by atoms with Crippen LogP contribution in [0.2, 0.25) is 13.1 Å². The number of rotatable bonds is 1. The molecule has 0 fully saturated rings. The van der Waals surface area contributed by atoms with Crippen molar-refractivity contribution in [3.05, 3.63) is 41.1 Å². The average molecular weight is 225 g/mol. The quantitative estimate of drug-likeness (QED) is 0.617. The second-order valence-corrected chi connectivity index (χ2v) is 8.24. The van der Waals surface area contributed by atoms with Gasteiger partial charge >= 0.3 is 24.8 Å². The molecule has 0 unspecified atom stereocenters. The van der Waals surface area contributed by atoms with Crippen molar-refractivity contribution < 1.29 is 28.1 Å². The largest absolute Gasteiger partial charge is 1.00 e. The Morgan fingerprint density at radius 3 is 2.12 bits per heavy atom. The molecule has 2 nitrogen and oxygen atoms in total. The van der Waals surface area contributed by atoms with Gasteiger partial charge in [0, 0.05) is 0 Å². The Morgan fingerprint density at radius 2 is 1.69 bits per heavy atom. The molecular weight excluding hydrogens is 211 g/mol. The topological polar surface area (TPSA) is 26.3 Å². The zero-order valence-electron chi connectivity index (χ0n) is 10.2. The van der Waals surface area contributed by atoms with Gasteiger partial charge in [0.05, 0.1) is 5.57 Å². The first-order valence-corrected chi connectivity index (χ1v) is 7.93. The van der Waals surface area contributed by atoms with Crippen LogP contribution < -0.4 is 18.9 Å². The van der Waals surface area contributed by atoms with Crippen molar-refractivity contribution >= 4 is 19.9 Å². The maximum Gasteiger partial charge on any atom is 1.00 e. The van der Waals surface area contributed by atoms with Crippen molar-refractivity contribution in [2.24, 2.45) is 0 Å². The van der Waals surface area contributed by atoms with E-state index in [1.54, 1.807) is 0 Å². The summed E-state index contributed by atoms with van der Waals surface area (Å²) >= 11 is 0. The summed E-state index contributed by atoms with van der Waals surface area (Å²) in [4.78, 5) is 11.8. The summed E-state index contributed by atoms with van der Waals surface area (Å²) in [6.07, 6.45) is 0. The smallest absolute Gasteiger partial charge is 0.512 e. The summed E-state index contributed by atoms with van der Waals surface area (Å²) in [5.74, 6) is -0.157. The number of allylic oxidation sites excluding steroid dienone is 1. The Labute approximate surface area is 109 Å². The van der Waals surface area contributed by atoms with Crippen molar-refractivity contribution in [1.29, 1.82) is 0 Å². The van der Waals surface area contributed by atoms with Crippen molar-refractivity contribution in [3.8, 4) is 0 Å². The van der Waals surface area contributed by atoms with Crippen LogP contribution in [0.4, 0.5) is 0 Å². The molecule has 0 aliphatic carbocycles. The minimum atomic E-state index is -1.92. The summed E-state index contributed by atoms with van der Waals surface area (Å²) in [5, 5.41) is 1.14. The van der Waals surface area contributed by atoms with Gasteiger partial charge < -0.3 is 4.43 Å². The van der Waals surface area contributed by atoms with Crippen molar-refractivity contribution in [2.75, 3.05) is 0 Å². The van der Waals surface area contributed by atoms with Gasteiger partial charge in [0.2, 0.25) is 0 Å². The molecule has 0 saturated heterocycles. The molecule has 0 atom stereocenters. The minimum absolute atomic E-state index is 0. The Hall–Kier alpha value is -0.756. The van der Waals surface area contributed by atoms with Gasteiger partial charge in [0.1, 0.15) is 0 Å². The molecule has 1 aromatic rings. The Bertz CT molecular complexity index is 438.